The number of aromatic nitrogens is 3. The molecule has 0 atom stereocenters. The summed E-state index contributed by atoms with van der Waals surface area (Å²) in [6.07, 6.45) is 1.62. The minimum Gasteiger partial charge on any atom is -0.493 e. The molecule has 0 aliphatic heterocycles. The number of hydrogen-bond acceptors (Lipinski definition) is 7. The molecule has 1 aromatic heterocycles. The van der Waals surface area contributed by atoms with Crippen molar-refractivity contribution in [1.29, 1.82) is 0 Å². The van der Waals surface area contributed by atoms with Gasteiger partial charge in [0, 0.05) is 12.5 Å². The van der Waals surface area contributed by atoms with Crippen molar-refractivity contribution in [3.63, 3.8) is 0 Å². The molecule has 2 aromatic rings. The Morgan fingerprint density at radius 3 is 2.09 bits per heavy atom. The lowest BCUT2D eigenvalue weighted by atomic mass is 10.2. The Labute approximate surface area is 133 Å². The van der Waals surface area contributed by atoms with Crippen molar-refractivity contribution in [3.8, 4) is 17.2 Å². The second-order valence-electron chi connectivity index (χ2n) is 4.70. The first-order valence-corrected chi connectivity index (χ1v) is 6.83. The molecular formula is C15H18N4O4. The first kappa shape index (κ1) is 16.5. The molecule has 23 heavy (non-hydrogen) atoms. The highest BCUT2D eigenvalue weighted by atomic mass is 16.6. The van der Waals surface area contributed by atoms with Crippen LogP contribution in [0.5, 0.6) is 17.2 Å². The second kappa shape index (κ2) is 6.91. The van der Waals surface area contributed by atoms with Crippen molar-refractivity contribution < 1.29 is 19.0 Å². The van der Waals surface area contributed by atoms with Gasteiger partial charge in [0.2, 0.25) is 5.75 Å². The quantitative estimate of drug-likeness (QED) is 0.474. The Bertz CT molecular complexity index is 707. The van der Waals surface area contributed by atoms with Gasteiger partial charge < -0.3 is 14.2 Å². The van der Waals surface area contributed by atoms with Crippen molar-refractivity contribution in [2.45, 2.75) is 20.8 Å². The number of benzene rings is 1. The zero-order chi connectivity index (χ0) is 17.0. The Hall–Kier alpha value is -2.90. The van der Waals surface area contributed by atoms with Gasteiger partial charge in [-0.3, -0.25) is 4.79 Å². The summed E-state index contributed by atoms with van der Waals surface area (Å²) in [5.74, 6) is 1.87. The number of hydrogen-bond donors (Lipinski definition) is 0. The fourth-order valence-electron chi connectivity index (χ4n) is 1.97. The van der Waals surface area contributed by atoms with Gasteiger partial charge in [-0.1, -0.05) is 0 Å². The first-order chi connectivity index (χ1) is 11.0. The third kappa shape index (κ3) is 3.65. The van der Waals surface area contributed by atoms with E-state index in [9.17, 15) is 4.79 Å². The molecule has 0 amide bonds. The summed E-state index contributed by atoms with van der Waals surface area (Å²) >= 11 is 0. The molecule has 0 spiro atoms. The summed E-state index contributed by atoms with van der Waals surface area (Å²) in [6, 6.07) is 3.39. The van der Waals surface area contributed by atoms with Crippen LogP contribution in [-0.2, 0) is 4.79 Å². The van der Waals surface area contributed by atoms with Crippen LogP contribution in [0.1, 0.15) is 24.1 Å². The largest absolute Gasteiger partial charge is 0.493 e. The maximum absolute atomic E-state index is 11.2. The number of carbonyl (C=O) groups is 1. The van der Waals surface area contributed by atoms with Crippen molar-refractivity contribution in [2.24, 2.45) is 5.10 Å². The fraction of sp³-hybridized carbons (Fsp3) is 0.333. The van der Waals surface area contributed by atoms with Crippen molar-refractivity contribution in [2.75, 3.05) is 14.2 Å². The summed E-state index contributed by atoms with van der Waals surface area (Å²) in [5, 5.41) is 12.2. The van der Waals surface area contributed by atoms with Crippen LogP contribution in [-0.4, -0.2) is 41.3 Å². The third-order valence-corrected chi connectivity index (χ3v) is 3.00. The van der Waals surface area contributed by atoms with Crippen LogP contribution in [0.4, 0.5) is 0 Å². The number of nitrogens with zero attached hydrogens (tertiary/aromatic N) is 4. The van der Waals surface area contributed by atoms with Gasteiger partial charge in [0.25, 0.3) is 0 Å². The van der Waals surface area contributed by atoms with E-state index in [1.165, 1.54) is 21.1 Å². The molecule has 0 unspecified atom stereocenters. The molecule has 122 valence electrons. The van der Waals surface area contributed by atoms with Crippen molar-refractivity contribution >= 4 is 12.2 Å². The maximum atomic E-state index is 11.2. The molecule has 8 nitrogen and oxygen atoms in total. The van der Waals surface area contributed by atoms with Gasteiger partial charge in [-0.25, -0.2) is 4.68 Å². The van der Waals surface area contributed by atoms with E-state index in [0.717, 1.165) is 0 Å². The van der Waals surface area contributed by atoms with Crippen LogP contribution in [0.2, 0.25) is 0 Å². The molecule has 0 radical (unpaired) electrons. The number of rotatable bonds is 5. The highest BCUT2D eigenvalue weighted by Crippen LogP contribution is 2.38. The molecule has 0 saturated carbocycles. The highest BCUT2D eigenvalue weighted by Gasteiger charge is 2.15. The Kier molecular flexibility index (Phi) is 4.95. The summed E-state index contributed by atoms with van der Waals surface area (Å²) in [4.78, 5) is 11.2. The zero-order valence-corrected chi connectivity index (χ0v) is 13.7. The molecule has 1 aromatic carbocycles. The monoisotopic (exact) mass is 318 g/mol. The molecule has 0 fully saturated rings. The molecule has 0 aliphatic rings. The summed E-state index contributed by atoms with van der Waals surface area (Å²) in [7, 11) is 2.97. The molecule has 0 saturated heterocycles. The number of esters is 1. The van der Waals surface area contributed by atoms with Gasteiger partial charge in [-0.05, 0) is 26.0 Å². The SMILES string of the molecule is COc1cc(/C=N/n2c(C)nnc2C)cc(OC)c1OC(C)=O. The number of methoxy groups -OCH3 is 2. The predicted octanol–water partition coefficient (Wildman–Crippen LogP) is 1.72. The Morgan fingerprint density at radius 2 is 1.65 bits per heavy atom. The van der Waals surface area contributed by atoms with Crippen LogP contribution in [0.15, 0.2) is 17.2 Å². The van der Waals surface area contributed by atoms with E-state index < -0.39 is 5.97 Å². The molecule has 8 heteroatoms. The van der Waals surface area contributed by atoms with Crippen molar-refractivity contribution in [1.82, 2.24) is 14.9 Å². The summed E-state index contributed by atoms with van der Waals surface area (Å²) in [6.45, 7) is 4.93. The van der Waals surface area contributed by atoms with E-state index in [1.807, 2.05) is 13.8 Å². The molecule has 0 aliphatic carbocycles. The molecule has 0 bridgehead atoms. The van der Waals surface area contributed by atoms with Gasteiger partial charge in [-0.15, -0.1) is 10.2 Å². The van der Waals surface area contributed by atoms with Crippen LogP contribution in [0.25, 0.3) is 0 Å². The summed E-state index contributed by atoms with van der Waals surface area (Å²) < 4.78 is 17.3. The van der Waals surface area contributed by atoms with E-state index in [0.29, 0.717) is 28.7 Å². The predicted molar refractivity (Wildman–Crippen MR) is 83.3 cm³/mol. The van der Waals surface area contributed by atoms with E-state index in [1.54, 1.807) is 23.0 Å². The lowest BCUT2D eigenvalue weighted by molar-refractivity contribution is -0.132. The molecular weight excluding hydrogens is 300 g/mol. The standard InChI is InChI=1S/C15H18N4O4/c1-9-17-18-10(2)19(9)16-8-12-6-13(21-4)15(23-11(3)20)14(7-12)22-5/h6-8H,1-5H3/b16-8+. The van der Waals surface area contributed by atoms with Crippen LogP contribution in [0.3, 0.4) is 0 Å². The molecule has 1 heterocycles. The Balaban J connectivity index is 2.42. The number of aryl methyl sites for hydroxylation is 2. The van der Waals surface area contributed by atoms with Gasteiger partial charge in [0.1, 0.15) is 0 Å². The minimum absolute atomic E-state index is 0.233. The van der Waals surface area contributed by atoms with E-state index in [2.05, 4.69) is 15.3 Å². The number of ether oxygens (including phenoxy) is 3. The van der Waals surface area contributed by atoms with Crippen LogP contribution >= 0.6 is 0 Å². The highest BCUT2D eigenvalue weighted by molar-refractivity contribution is 5.83. The van der Waals surface area contributed by atoms with Crippen LogP contribution < -0.4 is 14.2 Å². The third-order valence-electron chi connectivity index (χ3n) is 3.00. The molecule has 0 N–H and O–H groups in total. The fourth-order valence-corrected chi connectivity index (χ4v) is 1.97. The summed E-state index contributed by atoms with van der Waals surface area (Å²) in [5.41, 5.74) is 0.710. The van der Waals surface area contributed by atoms with Crippen molar-refractivity contribution in [3.05, 3.63) is 29.3 Å². The topological polar surface area (TPSA) is 87.8 Å². The van der Waals surface area contributed by atoms with E-state index in [4.69, 9.17) is 14.2 Å². The number of carbonyl (C=O) groups excluding carboxylic acids is 1. The average molecular weight is 318 g/mol. The van der Waals surface area contributed by atoms with Gasteiger partial charge in [0.05, 0.1) is 20.4 Å². The van der Waals surface area contributed by atoms with E-state index in [-0.39, 0.29) is 5.75 Å². The minimum atomic E-state index is -0.459. The molecule has 2 rings (SSSR count). The van der Waals surface area contributed by atoms with Gasteiger partial charge >= 0.3 is 5.97 Å². The average Bonchev–Trinajstić information content (AvgIpc) is 2.84. The second-order valence-corrected chi connectivity index (χ2v) is 4.70. The van der Waals surface area contributed by atoms with E-state index >= 15 is 0 Å². The lowest BCUT2D eigenvalue weighted by Gasteiger charge is -2.13. The van der Waals surface area contributed by atoms with Gasteiger partial charge in [0.15, 0.2) is 23.1 Å². The zero-order valence-electron chi connectivity index (χ0n) is 13.7. The maximum Gasteiger partial charge on any atom is 0.308 e. The smallest absolute Gasteiger partial charge is 0.308 e. The first-order valence-electron chi connectivity index (χ1n) is 6.83. The Morgan fingerprint density at radius 1 is 1.13 bits per heavy atom. The normalized spacial score (nSPS) is 10.8. The van der Waals surface area contributed by atoms with Gasteiger partial charge in [-0.2, -0.15) is 5.10 Å². The van der Waals surface area contributed by atoms with Crippen LogP contribution in [0, 0.1) is 13.8 Å². The lowest BCUT2D eigenvalue weighted by Crippen LogP contribution is -2.05.